The number of hydrogen-bond donors (Lipinski definition) is 2. The van der Waals surface area contributed by atoms with E-state index in [0.717, 1.165) is 5.56 Å². The Bertz CT molecular complexity index is 449. The number of hydrogen-bond acceptors (Lipinski definition) is 4. The lowest BCUT2D eigenvalue weighted by Crippen LogP contribution is -2.22. The summed E-state index contributed by atoms with van der Waals surface area (Å²) in [4.78, 5) is 11.7. The first kappa shape index (κ1) is 14.7. The van der Waals surface area contributed by atoms with Crippen LogP contribution in [0.5, 0.6) is 0 Å². The number of amides is 1. The van der Waals surface area contributed by atoms with E-state index in [1.165, 1.54) is 7.11 Å². The van der Waals surface area contributed by atoms with Gasteiger partial charge in [0.05, 0.1) is 6.61 Å². The van der Waals surface area contributed by atoms with E-state index in [2.05, 4.69) is 5.32 Å². The van der Waals surface area contributed by atoms with Gasteiger partial charge in [-0.25, -0.2) is 0 Å². The Morgan fingerprint density at radius 1 is 1.50 bits per heavy atom. The van der Waals surface area contributed by atoms with Crippen LogP contribution in [0.1, 0.15) is 5.56 Å². The average Bonchev–Trinajstić information content (AvgIpc) is 2.32. The van der Waals surface area contributed by atoms with Gasteiger partial charge in [-0.1, -0.05) is 6.07 Å². The Hall–Kier alpha value is -1.40. The quantitative estimate of drug-likeness (QED) is 0.753. The minimum Gasteiger partial charge on any atom is -0.398 e. The summed E-state index contributed by atoms with van der Waals surface area (Å²) >= 11 is 0. The van der Waals surface area contributed by atoms with Gasteiger partial charge >= 0.3 is 0 Å². The minimum absolute atomic E-state index is 0.0302. The second-order valence-electron chi connectivity index (χ2n) is 3.85. The Labute approximate surface area is 109 Å². The van der Waals surface area contributed by atoms with Crippen molar-refractivity contribution in [1.29, 1.82) is 0 Å². The number of carbonyl (C=O) groups is 1. The fraction of sp³-hybridized carbons (Fsp3) is 0.417. The van der Waals surface area contributed by atoms with E-state index in [1.807, 2.05) is 6.92 Å². The van der Waals surface area contributed by atoms with E-state index in [4.69, 9.17) is 10.5 Å². The van der Waals surface area contributed by atoms with Crippen molar-refractivity contribution in [2.24, 2.45) is 0 Å². The molecule has 0 spiro atoms. The number of methoxy groups -OCH3 is 1. The molecule has 1 rings (SSSR count). The molecule has 0 aliphatic rings. The van der Waals surface area contributed by atoms with Gasteiger partial charge in [0.15, 0.2) is 0 Å². The van der Waals surface area contributed by atoms with Gasteiger partial charge in [-0.3, -0.25) is 9.00 Å². The Kier molecular flexibility index (Phi) is 5.80. The standard InChI is InChI=1S/C12H18N2O3S/c1-9-10(13)4-3-5-11(9)14-12(15)8-18(16)7-6-17-2/h3-5H,6-8,13H2,1-2H3,(H,14,15). The summed E-state index contributed by atoms with van der Waals surface area (Å²) in [7, 11) is 0.331. The van der Waals surface area contributed by atoms with Crippen LogP contribution in [0.3, 0.4) is 0 Å². The average molecular weight is 270 g/mol. The summed E-state index contributed by atoms with van der Waals surface area (Å²) in [5.41, 5.74) is 7.82. The molecule has 6 heteroatoms. The zero-order valence-corrected chi connectivity index (χ0v) is 11.4. The number of ether oxygens (including phenoxy) is 1. The van der Waals surface area contributed by atoms with Gasteiger partial charge < -0.3 is 15.8 Å². The minimum atomic E-state index is -1.20. The first-order valence-corrected chi connectivity index (χ1v) is 7.02. The molecule has 18 heavy (non-hydrogen) atoms. The van der Waals surface area contributed by atoms with Crippen molar-refractivity contribution in [2.75, 3.05) is 36.3 Å². The largest absolute Gasteiger partial charge is 0.398 e. The van der Waals surface area contributed by atoms with E-state index in [-0.39, 0.29) is 11.7 Å². The highest BCUT2D eigenvalue weighted by molar-refractivity contribution is 7.85. The first-order valence-electron chi connectivity index (χ1n) is 5.53. The molecule has 1 amide bonds. The second kappa shape index (κ2) is 7.13. The molecule has 0 saturated carbocycles. The summed E-state index contributed by atoms with van der Waals surface area (Å²) < 4.78 is 16.3. The number of rotatable bonds is 6. The van der Waals surface area contributed by atoms with Crippen LogP contribution in [0.25, 0.3) is 0 Å². The molecule has 3 N–H and O–H groups in total. The number of nitrogens with one attached hydrogen (secondary N) is 1. The molecule has 100 valence electrons. The monoisotopic (exact) mass is 270 g/mol. The Balaban J connectivity index is 2.54. The molecule has 0 heterocycles. The number of nitrogens with two attached hydrogens (primary N) is 1. The van der Waals surface area contributed by atoms with Crippen LogP contribution >= 0.6 is 0 Å². The van der Waals surface area contributed by atoms with E-state index in [9.17, 15) is 9.00 Å². The molecule has 0 radical (unpaired) electrons. The van der Waals surface area contributed by atoms with Crippen molar-refractivity contribution in [3.8, 4) is 0 Å². The fourth-order valence-electron chi connectivity index (χ4n) is 1.37. The molecule has 0 aliphatic heterocycles. The maximum atomic E-state index is 11.7. The van der Waals surface area contributed by atoms with Crippen molar-refractivity contribution < 1.29 is 13.7 Å². The van der Waals surface area contributed by atoms with Crippen molar-refractivity contribution >= 4 is 28.1 Å². The predicted octanol–water partition coefficient (Wildman–Crippen LogP) is 0.911. The Morgan fingerprint density at radius 2 is 2.22 bits per heavy atom. The highest BCUT2D eigenvalue weighted by atomic mass is 32.2. The van der Waals surface area contributed by atoms with E-state index in [1.54, 1.807) is 18.2 Å². The molecular weight excluding hydrogens is 252 g/mol. The van der Waals surface area contributed by atoms with Gasteiger partial charge in [-0.2, -0.15) is 0 Å². The first-order chi connectivity index (χ1) is 8.54. The van der Waals surface area contributed by atoms with E-state index >= 15 is 0 Å². The normalized spacial score (nSPS) is 12.1. The van der Waals surface area contributed by atoms with Crippen molar-refractivity contribution in [3.63, 3.8) is 0 Å². The van der Waals surface area contributed by atoms with E-state index < -0.39 is 10.8 Å². The zero-order chi connectivity index (χ0) is 13.5. The summed E-state index contributed by atoms with van der Waals surface area (Å²) in [5.74, 6) is 0.0513. The molecule has 0 saturated heterocycles. The molecule has 1 unspecified atom stereocenters. The lowest BCUT2D eigenvalue weighted by Gasteiger charge is -2.09. The highest BCUT2D eigenvalue weighted by Gasteiger charge is 2.10. The van der Waals surface area contributed by atoms with Crippen LogP contribution in [0, 0.1) is 6.92 Å². The molecule has 1 aromatic carbocycles. The molecule has 5 nitrogen and oxygen atoms in total. The molecule has 0 aliphatic carbocycles. The molecule has 0 bridgehead atoms. The highest BCUT2D eigenvalue weighted by Crippen LogP contribution is 2.20. The summed E-state index contributed by atoms with van der Waals surface area (Å²) in [5, 5.41) is 2.71. The van der Waals surface area contributed by atoms with Gasteiger partial charge in [0.1, 0.15) is 5.75 Å². The van der Waals surface area contributed by atoms with Crippen molar-refractivity contribution in [3.05, 3.63) is 23.8 Å². The molecule has 1 aromatic rings. The van der Waals surface area contributed by atoms with Crippen LogP contribution in [0.4, 0.5) is 11.4 Å². The fourth-order valence-corrected chi connectivity index (χ4v) is 2.23. The summed E-state index contributed by atoms with van der Waals surface area (Å²) in [6.45, 7) is 2.21. The third kappa shape index (κ3) is 4.46. The maximum Gasteiger partial charge on any atom is 0.237 e. The second-order valence-corrected chi connectivity index (χ2v) is 5.43. The van der Waals surface area contributed by atoms with Gasteiger partial charge in [0.25, 0.3) is 0 Å². The van der Waals surface area contributed by atoms with Crippen LogP contribution < -0.4 is 11.1 Å². The summed E-state index contributed by atoms with van der Waals surface area (Å²) in [6.07, 6.45) is 0. The van der Waals surface area contributed by atoms with Gasteiger partial charge in [0, 0.05) is 35.0 Å². The maximum absolute atomic E-state index is 11.7. The molecular formula is C12H18N2O3S. The molecule has 0 aromatic heterocycles. The summed E-state index contributed by atoms with van der Waals surface area (Å²) in [6, 6.07) is 5.29. The molecule has 0 fully saturated rings. The number of carbonyl (C=O) groups excluding carboxylic acids is 1. The van der Waals surface area contributed by atoms with Gasteiger partial charge in [0.2, 0.25) is 5.91 Å². The topological polar surface area (TPSA) is 81.4 Å². The smallest absolute Gasteiger partial charge is 0.237 e. The SMILES string of the molecule is COCCS(=O)CC(=O)Nc1cccc(N)c1C. The van der Waals surface area contributed by atoms with Crippen LogP contribution in [-0.4, -0.2) is 35.3 Å². The third-order valence-corrected chi connectivity index (χ3v) is 3.66. The molecule has 1 atom stereocenters. The van der Waals surface area contributed by atoms with Gasteiger partial charge in [-0.05, 0) is 24.6 Å². The third-order valence-electron chi connectivity index (χ3n) is 2.46. The lowest BCUT2D eigenvalue weighted by atomic mass is 10.1. The lowest BCUT2D eigenvalue weighted by molar-refractivity contribution is -0.113. The van der Waals surface area contributed by atoms with Gasteiger partial charge in [-0.15, -0.1) is 0 Å². The number of nitrogen functional groups attached to an aromatic ring is 1. The predicted molar refractivity (Wildman–Crippen MR) is 74.0 cm³/mol. The Morgan fingerprint density at radius 3 is 2.89 bits per heavy atom. The number of anilines is 2. The van der Waals surface area contributed by atoms with Crippen LogP contribution in [0.15, 0.2) is 18.2 Å². The van der Waals surface area contributed by atoms with Crippen LogP contribution in [-0.2, 0) is 20.3 Å². The van der Waals surface area contributed by atoms with Crippen LogP contribution in [0.2, 0.25) is 0 Å². The number of benzene rings is 1. The van der Waals surface area contributed by atoms with E-state index in [0.29, 0.717) is 23.7 Å². The van der Waals surface area contributed by atoms with Crippen molar-refractivity contribution in [2.45, 2.75) is 6.92 Å². The zero-order valence-electron chi connectivity index (χ0n) is 10.6. The van der Waals surface area contributed by atoms with Crippen molar-refractivity contribution in [1.82, 2.24) is 0 Å².